The third-order valence-corrected chi connectivity index (χ3v) is 6.29. The number of benzene rings is 2. The maximum absolute atomic E-state index is 14.5. The molecular weight excluding hydrogens is 500 g/mol. The van der Waals surface area contributed by atoms with E-state index >= 15 is 0 Å². The van der Waals surface area contributed by atoms with E-state index in [1.165, 1.54) is 25.2 Å². The Bertz CT molecular complexity index is 1290. The number of carbonyl (C=O) groups is 1. The quantitative estimate of drug-likeness (QED) is 0.275. The van der Waals surface area contributed by atoms with Gasteiger partial charge in [0.05, 0.1) is 11.6 Å². The van der Waals surface area contributed by atoms with Crippen molar-refractivity contribution in [3.8, 4) is 0 Å². The second-order valence-corrected chi connectivity index (χ2v) is 9.08. The Morgan fingerprint density at radius 1 is 1.11 bits per heavy atom. The number of nitrogens with one attached hydrogen (secondary N) is 1. The summed E-state index contributed by atoms with van der Waals surface area (Å²) in [5.74, 6) is -2.57. The minimum atomic E-state index is -4.64. The van der Waals surface area contributed by atoms with Gasteiger partial charge in [0.25, 0.3) is 0 Å². The van der Waals surface area contributed by atoms with Crippen LogP contribution in [0.25, 0.3) is 0 Å². The van der Waals surface area contributed by atoms with E-state index < -0.39 is 40.4 Å². The first kappa shape index (κ1) is 26.9. The summed E-state index contributed by atoms with van der Waals surface area (Å²) in [6.45, 7) is 0.226. The molecule has 1 heterocycles. The van der Waals surface area contributed by atoms with Crippen molar-refractivity contribution in [1.82, 2.24) is 4.98 Å². The van der Waals surface area contributed by atoms with Crippen molar-refractivity contribution in [2.24, 2.45) is 5.73 Å². The smallest absolute Gasteiger partial charge is 0.369 e. The fourth-order valence-electron chi connectivity index (χ4n) is 3.65. The van der Waals surface area contributed by atoms with Crippen LogP contribution in [0.5, 0.6) is 0 Å². The molecule has 12 heteroatoms. The molecule has 3 N–H and O–H groups in total. The van der Waals surface area contributed by atoms with Crippen molar-refractivity contribution in [2.75, 3.05) is 16.7 Å². The standard InChI is InChI=1S/C24H24F4N4O3S/c1-32(36(34)35)20-11-8-17(13-19(20)25)18(22(29)33)10-7-16-9-12-21(24(26,27)28)31-23(16)30-14-15-5-3-2-4-6-15/h2-6,8-9,11-13,18,36H,7,10,14H2,1H3,(H2,29,33)(H,30,31). The van der Waals surface area contributed by atoms with Crippen molar-refractivity contribution in [3.63, 3.8) is 0 Å². The van der Waals surface area contributed by atoms with Gasteiger partial charge >= 0.3 is 6.18 Å². The molecule has 0 saturated carbocycles. The zero-order valence-corrected chi connectivity index (χ0v) is 20.0. The number of rotatable bonds is 10. The topological polar surface area (TPSA) is 105 Å². The lowest BCUT2D eigenvalue weighted by atomic mass is 9.91. The first-order valence-corrected chi connectivity index (χ1v) is 11.9. The minimum absolute atomic E-state index is 0.0132. The number of alkyl halides is 3. The Hall–Kier alpha value is -3.67. The molecule has 3 rings (SSSR count). The van der Waals surface area contributed by atoms with Gasteiger partial charge in [-0.1, -0.05) is 42.5 Å². The molecule has 2 aromatic carbocycles. The first-order chi connectivity index (χ1) is 17.0. The van der Waals surface area contributed by atoms with Gasteiger partial charge in [0.1, 0.15) is 17.3 Å². The van der Waals surface area contributed by atoms with Crippen molar-refractivity contribution < 1.29 is 30.8 Å². The number of aryl methyl sites for hydroxylation is 1. The fourth-order valence-corrected chi connectivity index (χ4v) is 3.98. The summed E-state index contributed by atoms with van der Waals surface area (Å²) in [7, 11) is -1.88. The highest BCUT2D eigenvalue weighted by Crippen LogP contribution is 2.32. The number of carbonyl (C=O) groups excluding carboxylic acids is 1. The van der Waals surface area contributed by atoms with Crippen LogP contribution in [0.3, 0.4) is 0 Å². The minimum Gasteiger partial charge on any atom is -0.369 e. The Labute approximate surface area is 207 Å². The lowest BCUT2D eigenvalue weighted by molar-refractivity contribution is -0.141. The number of aromatic nitrogens is 1. The van der Waals surface area contributed by atoms with Crippen LogP contribution >= 0.6 is 0 Å². The second-order valence-electron chi connectivity index (χ2n) is 8.01. The van der Waals surface area contributed by atoms with Gasteiger partial charge < -0.3 is 11.1 Å². The molecule has 1 aromatic heterocycles. The molecule has 1 amide bonds. The Balaban J connectivity index is 1.85. The number of anilines is 2. The molecule has 0 saturated heterocycles. The maximum atomic E-state index is 14.5. The summed E-state index contributed by atoms with van der Waals surface area (Å²) >= 11 is 0. The lowest BCUT2D eigenvalue weighted by Crippen LogP contribution is -2.23. The molecule has 0 radical (unpaired) electrons. The van der Waals surface area contributed by atoms with Crippen LogP contribution < -0.4 is 15.4 Å². The molecule has 0 aliphatic rings. The molecule has 0 aliphatic carbocycles. The second kappa shape index (κ2) is 11.4. The van der Waals surface area contributed by atoms with Gasteiger partial charge in [-0.3, -0.25) is 9.10 Å². The summed E-state index contributed by atoms with van der Waals surface area (Å²) in [4.78, 5) is 15.9. The number of nitrogens with zero attached hydrogens (tertiary/aromatic N) is 2. The molecule has 7 nitrogen and oxygen atoms in total. The summed E-state index contributed by atoms with van der Waals surface area (Å²) in [6, 6.07) is 14.8. The van der Waals surface area contributed by atoms with E-state index in [9.17, 15) is 30.8 Å². The van der Waals surface area contributed by atoms with E-state index in [0.717, 1.165) is 22.0 Å². The van der Waals surface area contributed by atoms with Crippen LogP contribution in [-0.4, -0.2) is 26.4 Å². The van der Waals surface area contributed by atoms with Gasteiger partial charge in [-0.15, -0.1) is 0 Å². The van der Waals surface area contributed by atoms with Gasteiger partial charge in [0.15, 0.2) is 0 Å². The van der Waals surface area contributed by atoms with Crippen LogP contribution in [0.2, 0.25) is 0 Å². The van der Waals surface area contributed by atoms with E-state index in [-0.39, 0.29) is 36.5 Å². The number of nitrogens with two attached hydrogens (primary N) is 1. The molecule has 1 unspecified atom stereocenters. The van der Waals surface area contributed by atoms with Crippen molar-refractivity contribution in [3.05, 3.63) is 88.9 Å². The first-order valence-electron chi connectivity index (χ1n) is 10.8. The average Bonchev–Trinajstić information content (AvgIpc) is 2.82. The fraction of sp³-hybridized carbons (Fsp3) is 0.250. The van der Waals surface area contributed by atoms with Crippen LogP contribution in [-0.2, 0) is 34.8 Å². The molecule has 0 aliphatic heterocycles. The monoisotopic (exact) mass is 524 g/mol. The third-order valence-electron chi connectivity index (χ3n) is 5.59. The van der Waals surface area contributed by atoms with Crippen LogP contribution in [0.1, 0.15) is 34.7 Å². The van der Waals surface area contributed by atoms with E-state index in [2.05, 4.69) is 10.3 Å². The zero-order valence-electron chi connectivity index (χ0n) is 19.1. The van der Waals surface area contributed by atoms with Crippen LogP contribution in [0, 0.1) is 5.82 Å². The predicted molar refractivity (Wildman–Crippen MR) is 128 cm³/mol. The predicted octanol–water partition coefficient (Wildman–Crippen LogP) is 4.02. The SMILES string of the molecule is CN(c1ccc(C(CCc2ccc(C(F)(F)F)nc2NCc2ccccc2)C(N)=O)cc1F)[SH](=O)=O. The van der Waals surface area contributed by atoms with E-state index in [4.69, 9.17) is 5.73 Å². The highest BCUT2D eigenvalue weighted by Gasteiger charge is 2.33. The number of pyridine rings is 1. The molecule has 192 valence electrons. The third kappa shape index (κ3) is 6.72. The largest absolute Gasteiger partial charge is 0.433 e. The molecule has 1 atom stereocenters. The van der Waals surface area contributed by atoms with E-state index in [0.29, 0.717) is 5.56 Å². The molecule has 3 aromatic rings. The number of hydrogen-bond acceptors (Lipinski definition) is 5. The Morgan fingerprint density at radius 2 is 1.81 bits per heavy atom. The summed E-state index contributed by atoms with van der Waals surface area (Å²) in [5.41, 5.74) is 5.75. The van der Waals surface area contributed by atoms with Crippen molar-refractivity contribution in [1.29, 1.82) is 0 Å². The normalized spacial score (nSPS) is 12.4. The Kier molecular flexibility index (Phi) is 8.51. The Morgan fingerprint density at radius 3 is 2.39 bits per heavy atom. The summed E-state index contributed by atoms with van der Waals surface area (Å²) in [5, 5.41) is 2.92. The zero-order chi connectivity index (χ0) is 26.5. The van der Waals surface area contributed by atoms with Gasteiger partial charge in [-0.2, -0.15) is 13.2 Å². The highest BCUT2D eigenvalue weighted by molar-refractivity contribution is 7.74. The highest BCUT2D eigenvalue weighted by atomic mass is 32.2. The van der Waals surface area contributed by atoms with Crippen molar-refractivity contribution in [2.45, 2.75) is 31.5 Å². The van der Waals surface area contributed by atoms with Crippen LogP contribution in [0.4, 0.5) is 29.1 Å². The van der Waals surface area contributed by atoms with Gasteiger partial charge in [0.2, 0.25) is 16.8 Å². The molecular formula is C24H24F4N4O3S. The van der Waals surface area contributed by atoms with Gasteiger partial charge in [0, 0.05) is 13.6 Å². The van der Waals surface area contributed by atoms with E-state index in [1.54, 1.807) is 12.1 Å². The number of halogens is 4. The molecule has 36 heavy (non-hydrogen) atoms. The van der Waals surface area contributed by atoms with Crippen LogP contribution in [0.15, 0.2) is 60.7 Å². The number of hydrogen-bond donors (Lipinski definition) is 3. The van der Waals surface area contributed by atoms with Gasteiger partial charge in [-0.25, -0.2) is 17.8 Å². The molecule has 0 bridgehead atoms. The average molecular weight is 525 g/mol. The number of amides is 1. The van der Waals surface area contributed by atoms with Gasteiger partial charge in [-0.05, 0) is 47.7 Å². The van der Waals surface area contributed by atoms with Crippen molar-refractivity contribution >= 4 is 28.3 Å². The molecule has 0 fully saturated rings. The van der Waals surface area contributed by atoms with E-state index in [1.807, 2.05) is 18.2 Å². The molecule has 0 spiro atoms. The number of primary amides is 1. The number of thiol groups is 1. The maximum Gasteiger partial charge on any atom is 0.433 e. The summed E-state index contributed by atoms with van der Waals surface area (Å²) in [6.07, 6.45) is -4.46. The lowest BCUT2D eigenvalue weighted by Gasteiger charge is -2.18. The summed E-state index contributed by atoms with van der Waals surface area (Å²) < 4.78 is 77.3.